The molecule has 0 unspecified atom stereocenters. The lowest BCUT2D eigenvalue weighted by atomic mass is 10.0. The van der Waals surface area contributed by atoms with Crippen molar-refractivity contribution in [2.75, 3.05) is 0 Å². The Morgan fingerprint density at radius 2 is 1.85 bits per heavy atom. The van der Waals surface area contributed by atoms with E-state index < -0.39 is 0 Å². The average molecular weight is 245 g/mol. The van der Waals surface area contributed by atoms with Crippen molar-refractivity contribution in [2.24, 2.45) is 0 Å². The van der Waals surface area contributed by atoms with E-state index in [1.807, 2.05) is 0 Å². The van der Waals surface area contributed by atoms with E-state index in [4.69, 9.17) is 4.52 Å². The van der Waals surface area contributed by atoms with E-state index in [1.54, 1.807) is 0 Å². The largest absolute Gasteiger partial charge is 0.338 e. The summed E-state index contributed by atoms with van der Waals surface area (Å²) in [7, 11) is 0. The minimum Gasteiger partial charge on any atom is -0.338 e. The van der Waals surface area contributed by atoms with E-state index in [9.17, 15) is 0 Å². The van der Waals surface area contributed by atoms with Gasteiger partial charge >= 0.3 is 0 Å². The molecule has 1 heterocycles. The minimum atomic E-state index is 0.501. The van der Waals surface area contributed by atoms with Gasteiger partial charge in [0.05, 0.1) is 0 Å². The van der Waals surface area contributed by atoms with E-state index in [1.165, 1.54) is 38.5 Å². The maximum absolute atomic E-state index is 5.15. The van der Waals surface area contributed by atoms with Gasteiger partial charge < -0.3 is 4.52 Å². The van der Waals surface area contributed by atoms with Crippen molar-refractivity contribution in [3.8, 4) is 0 Å². The van der Waals surface area contributed by atoms with Crippen LogP contribution in [0.3, 0.4) is 0 Å². The molecule has 0 bridgehead atoms. The van der Waals surface area contributed by atoms with Gasteiger partial charge in [0.25, 0.3) is 0 Å². The summed E-state index contributed by atoms with van der Waals surface area (Å²) in [6.45, 7) is 0. The van der Waals surface area contributed by atoms with Crippen LogP contribution in [-0.4, -0.2) is 10.1 Å². The second-order valence-electron chi connectivity index (χ2n) is 3.59. The summed E-state index contributed by atoms with van der Waals surface area (Å²) in [6.07, 6.45) is 7.70. The number of rotatable bonds is 1. The molecular weight excluding hydrogens is 232 g/mol. The molecule has 1 saturated carbocycles. The maximum Gasteiger partial charge on any atom is 0.238 e. The maximum atomic E-state index is 5.15. The summed E-state index contributed by atoms with van der Waals surface area (Å²) in [5.41, 5.74) is 0. The highest BCUT2D eigenvalue weighted by molar-refractivity contribution is 9.10. The summed E-state index contributed by atoms with van der Waals surface area (Å²) in [6, 6.07) is 0. The molecule has 0 aliphatic heterocycles. The van der Waals surface area contributed by atoms with E-state index >= 15 is 0 Å². The molecule has 0 saturated heterocycles. The Morgan fingerprint density at radius 1 is 1.15 bits per heavy atom. The molecule has 1 aromatic heterocycles. The third-order valence-corrected chi connectivity index (χ3v) is 2.94. The summed E-state index contributed by atoms with van der Waals surface area (Å²) in [5.74, 6) is 1.31. The Labute approximate surface area is 86.0 Å². The van der Waals surface area contributed by atoms with Crippen LogP contribution in [0, 0.1) is 0 Å². The molecule has 72 valence electrons. The molecule has 1 aromatic rings. The number of hydrogen-bond donors (Lipinski definition) is 0. The fourth-order valence-corrected chi connectivity index (χ4v) is 2.16. The molecule has 0 aromatic carbocycles. The SMILES string of the molecule is Brc1noc(C2CCCCCC2)n1. The standard InChI is InChI=1S/C9H13BrN2O/c10-9-11-8(13-12-9)7-5-3-1-2-4-6-7/h7H,1-6H2. The molecule has 0 spiro atoms. The summed E-state index contributed by atoms with van der Waals surface area (Å²) in [5, 5.41) is 3.75. The Hall–Kier alpha value is -0.380. The molecule has 0 radical (unpaired) electrons. The van der Waals surface area contributed by atoms with Crippen LogP contribution in [0.25, 0.3) is 0 Å². The fourth-order valence-electron chi connectivity index (χ4n) is 1.91. The van der Waals surface area contributed by atoms with Gasteiger partial charge in [-0.25, -0.2) is 0 Å². The second kappa shape index (κ2) is 4.22. The van der Waals surface area contributed by atoms with Gasteiger partial charge in [-0.3, -0.25) is 0 Å². The van der Waals surface area contributed by atoms with Crippen LogP contribution in [0.1, 0.15) is 50.3 Å². The molecule has 0 atom stereocenters. The summed E-state index contributed by atoms with van der Waals surface area (Å²) in [4.78, 5) is 4.21. The first kappa shape index (κ1) is 9.19. The van der Waals surface area contributed by atoms with Gasteiger partial charge in [0.15, 0.2) is 0 Å². The number of nitrogens with zero attached hydrogens (tertiary/aromatic N) is 2. The highest BCUT2D eigenvalue weighted by atomic mass is 79.9. The van der Waals surface area contributed by atoms with Crippen LogP contribution in [-0.2, 0) is 0 Å². The topological polar surface area (TPSA) is 38.9 Å². The van der Waals surface area contributed by atoms with Crippen LogP contribution in [0.4, 0.5) is 0 Å². The molecule has 13 heavy (non-hydrogen) atoms. The lowest BCUT2D eigenvalue weighted by Crippen LogP contribution is -1.96. The van der Waals surface area contributed by atoms with Gasteiger partial charge in [0, 0.05) is 5.92 Å². The van der Waals surface area contributed by atoms with Gasteiger partial charge in [0.1, 0.15) is 0 Å². The molecule has 2 rings (SSSR count). The zero-order valence-electron chi connectivity index (χ0n) is 7.50. The van der Waals surface area contributed by atoms with E-state index in [0.29, 0.717) is 10.7 Å². The van der Waals surface area contributed by atoms with Crippen molar-refractivity contribution in [3.05, 3.63) is 10.6 Å². The first-order valence-electron chi connectivity index (χ1n) is 4.85. The highest BCUT2D eigenvalue weighted by Gasteiger charge is 2.19. The van der Waals surface area contributed by atoms with E-state index in [0.717, 1.165) is 5.89 Å². The molecule has 1 aliphatic rings. The Kier molecular flexibility index (Phi) is 2.98. The second-order valence-corrected chi connectivity index (χ2v) is 4.30. The quantitative estimate of drug-likeness (QED) is 0.712. The monoisotopic (exact) mass is 244 g/mol. The summed E-state index contributed by atoms with van der Waals surface area (Å²) < 4.78 is 5.73. The lowest BCUT2D eigenvalue weighted by molar-refractivity contribution is 0.338. The Morgan fingerprint density at radius 3 is 2.38 bits per heavy atom. The van der Waals surface area contributed by atoms with Crippen LogP contribution >= 0.6 is 15.9 Å². The van der Waals surface area contributed by atoms with Gasteiger partial charge in [0.2, 0.25) is 10.6 Å². The zero-order chi connectivity index (χ0) is 9.10. The van der Waals surface area contributed by atoms with Crippen molar-refractivity contribution >= 4 is 15.9 Å². The van der Waals surface area contributed by atoms with Crippen LogP contribution in [0.5, 0.6) is 0 Å². The van der Waals surface area contributed by atoms with Gasteiger partial charge in [-0.2, -0.15) is 4.98 Å². The molecule has 4 heteroatoms. The van der Waals surface area contributed by atoms with E-state index in [-0.39, 0.29) is 0 Å². The van der Waals surface area contributed by atoms with Crippen LogP contribution in [0.2, 0.25) is 0 Å². The molecule has 0 N–H and O–H groups in total. The minimum absolute atomic E-state index is 0.501. The average Bonchev–Trinajstić information content (AvgIpc) is 2.43. The molecule has 0 amide bonds. The smallest absolute Gasteiger partial charge is 0.238 e. The first-order valence-corrected chi connectivity index (χ1v) is 5.64. The molecule has 3 nitrogen and oxygen atoms in total. The van der Waals surface area contributed by atoms with Crippen LogP contribution < -0.4 is 0 Å². The summed E-state index contributed by atoms with van der Waals surface area (Å²) >= 11 is 3.20. The van der Waals surface area contributed by atoms with Gasteiger partial charge in [-0.05, 0) is 33.9 Å². The van der Waals surface area contributed by atoms with Gasteiger partial charge in [-0.1, -0.05) is 25.7 Å². The molecule has 1 fully saturated rings. The number of halogens is 1. The molecule has 1 aliphatic carbocycles. The van der Waals surface area contributed by atoms with Crippen molar-refractivity contribution in [3.63, 3.8) is 0 Å². The predicted octanol–water partition coefficient (Wildman–Crippen LogP) is 3.27. The van der Waals surface area contributed by atoms with Crippen LogP contribution in [0.15, 0.2) is 9.26 Å². The normalized spacial score (nSPS) is 20.1. The van der Waals surface area contributed by atoms with E-state index in [2.05, 4.69) is 26.1 Å². The first-order chi connectivity index (χ1) is 6.36. The van der Waals surface area contributed by atoms with Crippen molar-refractivity contribution < 1.29 is 4.52 Å². The third kappa shape index (κ3) is 2.30. The van der Waals surface area contributed by atoms with Crippen molar-refractivity contribution in [2.45, 2.75) is 44.4 Å². The zero-order valence-corrected chi connectivity index (χ0v) is 9.09. The number of aromatic nitrogens is 2. The van der Waals surface area contributed by atoms with Crippen molar-refractivity contribution in [1.29, 1.82) is 0 Å². The Bertz CT molecular complexity index is 266. The molecular formula is C9H13BrN2O. The Balaban J connectivity index is 2.06. The van der Waals surface area contributed by atoms with Gasteiger partial charge in [-0.15, -0.1) is 0 Å². The highest BCUT2D eigenvalue weighted by Crippen LogP contribution is 2.30. The number of hydrogen-bond acceptors (Lipinski definition) is 3. The predicted molar refractivity (Wildman–Crippen MR) is 52.4 cm³/mol. The lowest BCUT2D eigenvalue weighted by Gasteiger charge is -2.06. The third-order valence-electron chi connectivity index (χ3n) is 2.62. The fraction of sp³-hybridized carbons (Fsp3) is 0.778. The van der Waals surface area contributed by atoms with Crippen molar-refractivity contribution in [1.82, 2.24) is 10.1 Å².